The molecule has 6 heteroatoms. The normalized spacial score (nSPS) is 9.77. The van der Waals surface area contributed by atoms with Gasteiger partial charge in [0.25, 0.3) is 5.69 Å². The van der Waals surface area contributed by atoms with Crippen molar-refractivity contribution in [2.45, 2.75) is 6.82 Å². The molecule has 0 N–H and O–H groups in total. The Morgan fingerprint density at radius 1 is 1.62 bits per heavy atom. The zero-order valence-electron chi connectivity index (χ0n) is 6.75. The minimum Gasteiger partial charge on any atom is -0.258 e. The molecule has 0 aromatic heterocycles. The molecule has 1 radical (unpaired) electrons. The number of rotatable bonds is 2. The van der Waals surface area contributed by atoms with Crippen molar-refractivity contribution in [3.05, 3.63) is 32.5 Å². The van der Waals surface area contributed by atoms with E-state index in [-0.39, 0.29) is 15.6 Å². The molecule has 1 aromatic carbocycles. The van der Waals surface area contributed by atoms with Crippen molar-refractivity contribution in [3.8, 4) is 0 Å². The van der Waals surface area contributed by atoms with Gasteiger partial charge in [-0.1, -0.05) is 6.82 Å². The quantitative estimate of drug-likeness (QED) is 0.453. The summed E-state index contributed by atoms with van der Waals surface area (Å²) >= 11 is 2.88. The van der Waals surface area contributed by atoms with E-state index in [4.69, 9.17) is 0 Å². The standard InChI is InChI=1S/C7H5BBrFNO2/c1-8-4-2-6(10)5(9)3-7(4)11(12)13/h2-3H,1H3. The fourth-order valence-corrected chi connectivity index (χ4v) is 1.27. The summed E-state index contributed by atoms with van der Waals surface area (Å²) in [5.74, 6) is -0.501. The van der Waals surface area contributed by atoms with Gasteiger partial charge in [0.1, 0.15) is 5.82 Å². The van der Waals surface area contributed by atoms with Crippen molar-refractivity contribution in [2.75, 3.05) is 0 Å². The van der Waals surface area contributed by atoms with Gasteiger partial charge in [-0.25, -0.2) is 4.39 Å². The van der Waals surface area contributed by atoms with E-state index in [1.54, 1.807) is 6.82 Å². The molecule has 0 saturated carbocycles. The molecule has 0 unspecified atom stereocenters. The lowest BCUT2D eigenvalue weighted by Gasteiger charge is -2.00. The van der Waals surface area contributed by atoms with Gasteiger partial charge in [-0.05, 0) is 27.5 Å². The molecule has 1 aromatic rings. The van der Waals surface area contributed by atoms with Crippen molar-refractivity contribution in [3.63, 3.8) is 0 Å². The Morgan fingerprint density at radius 2 is 2.23 bits per heavy atom. The molecule has 0 atom stereocenters. The largest absolute Gasteiger partial charge is 0.264 e. The predicted molar refractivity (Wildman–Crippen MR) is 52.0 cm³/mol. The van der Waals surface area contributed by atoms with Gasteiger partial charge in [0, 0.05) is 6.07 Å². The second-order valence-electron chi connectivity index (χ2n) is 2.37. The van der Waals surface area contributed by atoms with Crippen LogP contribution in [0.5, 0.6) is 0 Å². The molecule has 3 nitrogen and oxygen atoms in total. The summed E-state index contributed by atoms with van der Waals surface area (Å²) in [6.07, 6.45) is 0. The zero-order valence-corrected chi connectivity index (χ0v) is 8.34. The van der Waals surface area contributed by atoms with Crippen LogP contribution in [-0.2, 0) is 0 Å². The van der Waals surface area contributed by atoms with E-state index >= 15 is 0 Å². The lowest BCUT2D eigenvalue weighted by molar-refractivity contribution is -0.383. The molecule has 0 spiro atoms. The maximum Gasteiger partial charge on any atom is 0.264 e. The molecule has 13 heavy (non-hydrogen) atoms. The van der Waals surface area contributed by atoms with Gasteiger partial charge in [-0.15, -0.1) is 0 Å². The summed E-state index contributed by atoms with van der Waals surface area (Å²) < 4.78 is 13.0. The molecular weight excluding hydrogens is 240 g/mol. The lowest BCUT2D eigenvalue weighted by Crippen LogP contribution is -2.16. The highest BCUT2D eigenvalue weighted by Crippen LogP contribution is 2.19. The summed E-state index contributed by atoms with van der Waals surface area (Å²) in [7, 11) is 1.49. The zero-order chi connectivity index (χ0) is 10.0. The smallest absolute Gasteiger partial charge is 0.258 e. The van der Waals surface area contributed by atoms with Crippen LogP contribution in [0, 0.1) is 15.9 Å². The van der Waals surface area contributed by atoms with Crippen molar-refractivity contribution >= 4 is 34.4 Å². The number of hydrogen-bond acceptors (Lipinski definition) is 2. The first-order valence-electron chi connectivity index (χ1n) is 3.49. The van der Waals surface area contributed by atoms with Crippen LogP contribution in [0.1, 0.15) is 0 Å². The van der Waals surface area contributed by atoms with Crippen LogP contribution in [0.4, 0.5) is 10.1 Å². The summed E-state index contributed by atoms with van der Waals surface area (Å²) in [5.41, 5.74) is 0.182. The highest BCUT2D eigenvalue weighted by Gasteiger charge is 2.15. The third-order valence-electron chi connectivity index (χ3n) is 1.58. The van der Waals surface area contributed by atoms with Crippen LogP contribution in [0.3, 0.4) is 0 Å². The summed E-state index contributed by atoms with van der Waals surface area (Å²) in [6, 6.07) is 2.28. The van der Waals surface area contributed by atoms with E-state index < -0.39 is 10.7 Å². The van der Waals surface area contributed by atoms with Crippen molar-refractivity contribution in [1.82, 2.24) is 0 Å². The maximum absolute atomic E-state index is 12.9. The minimum atomic E-state index is -0.542. The summed E-state index contributed by atoms with van der Waals surface area (Å²) in [4.78, 5) is 9.94. The second kappa shape index (κ2) is 3.87. The molecule has 1 rings (SSSR count). The van der Waals surface area contributed by atoms with Gasteiger partial charge in [0.05, 0.1) is 9.40 Å². The number of hydrogen-bond donors (Lipinski definition) is 0. The third-order valence-corrected chi connectivity index (χ3v) is 2.18. The highest BCUT2D eigenvalue weighted by atomic mass is 79.9. The third kappa shape index (κ3) is 2.06. The van der Waals surface area contributed by atoms with Crippen LogP contribution >= 0.6 is 15.9 Å². The predicted octanol–water partition coefficient (Wildman–Crippen LogP) is 1.87. The molecule has 0 aliphatic rings. The molecule has 0 saturated heterocycles. The van der Waals surface area contributed by atoms with E-state index in [0.29, 0.717) is 0 Å². The first-order chi connectivity index (χ1) is 6.06. The number of nitro groups is 1. The van der Waals surface area contributed by atoms with Crippen LogP contribution in [0.15, 0.2) is 16.6 Å². The molecule has 0 aliphatic heterocycles. The molecule has 0 heterocycles. The monoisotopic (exact) mass is 244 g/mol. The van der Waals surface area contributed by atoms with Gasteiger partial charge >= 0.3 is 0 Å². The Bertz CT molecular complexity index is 359. The van der Waals surface area contributed by atoms with E-state index in [1.165, 1.54) is 7.28 Å². The highest BCUT2D eigenvalue weighted by molar-refractivity contribution is 9.10. The topological polar surface area (TPSA) is 43.1 Å². The summed E-state index contributed by atoms with van der Waals surface area (Å²) in [6.45, 7) is 1.62. The molecule has 0 bridgehead atoms. The second-order valence-corrected chi connectivity index (χ2v) is 3.23. The van der Waals surface area contributed by atoms with Crippen molar-refractivity contribution in [1.29, 1.82) is 0 Å². The molecule has 0 amide bonds. The Kier molecular flexibility index (Phi) is 3.03. The Hall–Kier alpha value is -0.905. The maximum atomic E-state index is 12.9. The van der Waals surface area contributed by atoms with E-state index in [0.717, 1.165) is 12.1 Å². The van der Waals surface area contributed by atoms with Crippen LogP contribution < -0.4 is 5.46 Å². The van der Waals surface area contributed by atoms with Crippen LogP contribution in [0.25, 0.3) is 0 Å². The van der Waals surface area contributed by atoms with Gasteiger partial charge in [-0.3, -0.25) is 10.1 Å². The SMILES string of the molecule is C[B]c1cc(F)c(Br)cc1[N+](=O)[O-]. The summed E-state index contributed by atoms with van der Waals surface area (Å²) in [5, 5.41) is 10.5. The Morgan fingerprint density at radius 3 is 2.69 bits per heavy atom. The number of nitro benzene ring substituents is 1. The minimum absolute atomic E-state index is 0.101. The van der Waals surface area contributed by atoms with Crippen LogP contribution in [0.2, 0.25) is 6.82 Å². The fourth-order valence-electron chi connectivity index (χ4n) is 0.941. The first-order valence-corrected chi connectivity index (χ1v) is 4.28. The van der Waals surface area contributed by atoms with Gasteiger partial charge in [-0.2, -0.15) is 0 Å². The molecule has 0 aliphatic carbocycles. The van der Waals surface area contributed by atoms with E-state index in [1.807, 2.05) is 0 Å². The average Bonchev–Trinajstić information content (AvgIpc) is 2.08. The fraction of sp³-hybridized carbons (Fsp3) is 0.143. The molecule has 67 valence electrons. The lowest BCUT2D eigenvalue weighted by atomic mass is 9.72. The van der Waals surface area contributed by atoms with Gasteiger partial charge in [0.2, 0.25) is 0 Å². The van der Waals surface area contributed by atoms with E-state index in [2.05, 4.69) is 15.9 Å². The number of halogens is 2. The van der Waals surface area contributed by atoms with Crippen molar-refractivity contribution in [2.24, 2.45) is 0 Å². The molecule has 0 fully saturated rings. The van der Waals surface area contributed by atoms with Gasteiger partial charge < -0.3 is 0 Å². The van der Waals surface area contributed by atoms with Gasteiger partial charge in [0.15, 0.2) is 7.28 Å². The first kappa shape index (κ1) is 10.2. The van der Waals surface area contributed by atoms with E-state index in [9.17, 15) is 14.5 Å². The van der Waals surface area contributed by atoms with Crippen molar-refractivity contribution < 1.29 is 9.31 Å². The average molecular weight is 245 g/mol. The Labute approximate surface area is 83.5 Å². The number of benzene rings is 1. The number of nitrogens with zero attached hydrogens (tertiary/aromatic N) is 1. The Balaban J connectivity index is 3.33. The van der Waals surface area contributed by atoms with Crippen LogP contribution in [-0.4, -0.2) is 12.2 Å². The molecular formula is C7H5BBrFNO2.